The van der Waals surface area contributed by atoms with Crippen molar-refractivity contribution < 1.29 is 0 Å². The smallest absolute Gasteiger partial charge is 0.0418 e. The van der Waals surface area contributed by atoms with Gasteiger partial charge in [0.1, 0.15) is 0 Å². The number of hydrogen-bond donors (Lipinski definition) is 0. The maximum atomic E-state index is 3.13. The molecule has 0 aromatic carbocycles. The van der Waals surface area contributed by atoms with Crippen LogP contribution in [0.25, 0.3) is 0 Å². The van der Waals surface area contributed by atoms with Gasteiger partial charge >= 0.3 is 0 Å². The Hall–Kier alpha value is -0.440. The molecule has 0 spiro atoms. The lowest BCUT2D eigenvalue weighted by Gasteiger charge is -1.89. The second kappa shape index (κ2) is 6.68. The zero-order valence-electron chi connectivity index (χ0n) is 7.33. The highest BCUT2D eigenvalue weighted by molar-refractivity contribution is 5.16. The second-order valence-electron chi connectivity index (χ2n) is 2.76. The van der Waals surface area contributed by atoms with E-state index < -0.39 is 0 Å². The highest BCUT2D eigenvalue weighted by Crippen LogP contribution is 1.97. The molecule has 0 aliphatic rings. The summed E-state index contributed by atoms with van der Waals surface area (Å²) in [7, 11) is 0. The monoisotopic (exact) mass is 137 g/mol. The van der Waals surface area contributed by atoms with Crippen LogP contribution < -0.4 is 0 Å². The Morgan fingerprint density at radius 1 is 1.20 bits per heavy atom. The molecule has 0 saturated heterocycles. The normalized spacial score (nSPS) is 9.20. The lowest BCUT2D eigenvalue weighted by molar-refractivity contribution is 0.737. The molecule has 0 aliphatic heterocycles. The molecule has 0 saturated carbocycles. The highest BCUT2D eigenvalue weighted by Gasteiger charge is 1.83. The molecule has 1 radical (unpaired) electrons. The Morgan fingerprint density at radius 2 is 1.90 bits per heavy atom. The highest BCUT2D eigenvalue weighted by atomic mass is 13.9. The molecule has 0 rings (SSSR count). The van der Waals surface area contributed by atoms with E-state index in [9.17, 15) is 0 Å². The predicted octanol–water partition coefficient (Wildman–Crippen LogP) is 3.18. The maximum absolute atomic E-state index is 3.13. The van der Waals surface area contributed by atoms with Crippen LogP contribution in [0.15, 0.2) is 0 Å². The fourth-order valence-electron chi connectivity index (χ4n) is 0.703. The van der Waals surface area contributed by atoms with Gasteiger partial charge in [-0.15, -0.1) is 5.92 Å². The SMILES string of the molecule is CCCCCC#C[C](C)C. The summed E-state index contributed by atoms with van der Waals surface area (Å²) in [4.78, 5) is 0. The van der Waals surface area contributed by atoms with E-state index in [0.717, 1.165) is 6.42 Å². The molecule has 0 bridgehead atoms. The molecule has 0 aliphatic carbocycles. The summed E-state index contributed by atoms with van der Waals surface area (Å²) < 4.78 is 0. The van der Waals surface area contributed by atoms with Crippen molar-refractivity contribution in [2.45, 2.75) is 46.5 Å². The van der Waals surface area contributed by atoms with Crippen LogP contribution in [0.3, 0.4) is 0 Å². The molecule has 57 valence electrons. The van der Waals surface area contributed by atoms with Gasteiger partial charge in [0.2, 0.25) is 0 Å². The van der Waals surface area contributed by atoms with Gasteiger partial charge in [-0.25, -0.2) is 0 Å². The van der Waals surface area contributed by atoms with E-state index in [1.165, 1.54) is 25.2 Å². The van der Waals surface area contributed by atoms with Crippen molar-refractivity contribution in [3.63, 3.8) is 0 Å². The standard InChI is InChI=1S/C10H17/c1-4-5-6-7-8-9-10(2)3/h4-7H2,1-3H3. The summed E-state index contributed by atoms with van der Waals surface area (Å²) in [6, 6.07) is 0. The van der Waals surface area contributed by atoms with Crippen LogP contribution in [-0.2, 0) is 0 Å². The van der Waals surface area contributed by atoms with Gasteiger partial charge in [0.05, 0.1) is 0 Å². The third-order valence-corrected chi connectivity index (χ3v) is 1.24. The summed E-state index contributed by atoms with van der Waals surface area (Å²) in [5, 5.41) is 0. The average molecular weight is 137 g/mol. The van der Waals surface area contributed by atoms with E-state index in [4.69, 9.17) is 0 Å². The van der Waals surface area contributed by atoms with E-state index >= 15 is 0 Å². The Kier molecular flexibility index (Phi) is 6.38. The van der Waals surface area contributed by atoms with Crippen LogP contribution >= 0.6 is 0 Å². The van der Waals surface area contributed by atoms with Gasteiger partial charge in [0.15, 0.2) is 0 Å². The van der Waals surface area contributed by atoms with E-state index in [-0.39, 0.29) is 0 Å². The number of hydrogen-bond acceptors (Lipinski definition) is 0. The quantitative estimate of drug-likeness (QED) is 0.414. The summed E-state index contributed by atoms with van der Waals surface area (Å²) in [5.41, 5.74) is 0. The second-order valence-corrected chi connectivity index (χ2v) is 2.76. The molecule has 0 nitrogen and oxygen atoms in total. The third kappa shape index (κ3) is 7.56. The average Bonchev–Trinajstić information content (AvgIpc) is 1.87. The molecule has 10 heavy (non-hydrogen) atoms. The minimum atomic E-state index is 1.07. The molecule has 0 atom stereocenters. The van der Waals surface area contributed by atoms with Crippen molar-refractivity contribution in [3.05, 3.63) is 5.92 Å². The van der Waals surface area contributed by atoms with Crippen molar-refractivity contribution in [2.75, 3.05) is 0 Å². The van der Waals surface area contributed by atoms with E-state index in [1.807, 2.05) is 13.8 Å². The zero-order chi connectivity index (χ0) is 7.82. The third-order valence-electron chi connectivity index (χ3n) is 1.24. The van der Waals surface area contributed by atoms with E-state index in [0.29, 0.717) is 0 Å². The van der Waals surface area contributed by atoms with Crippen LogP contribution in [0.1, 0.15) is 46.5 Å². The number of rotatable bonds is 3. The van der Waals surface area contributed by atoms with Crippen LogP contribution in [0.5, 0.6) is 0 Å². The molecule has 0 aromatic heterocycles. The topological polar surface area (TPSA) is 0 Å². The van der Waals surface area contributed by atoms with Gasteiger partial charge in [-0.2, -0.15) is 0 Å². The number of unbranched alkanes of at least 4 members (excludes halogenated alkanes) is 3. The van der Waals surface area contributed by atoms with Crippen LogP contribution in [0.2, 0.25) is 0 Å². The molecule has 0 fully saturated rings. The maximum Gasteiger partial charge on any atom is 0.0418 e. The zero-order valence-corrected chi connectivity index (χ0v) is 7.33. The molecular weight excluding hydrogens is 120 g/mol. The Bertz CT molecular complexity index is 112. The summed E-state index contributed by atoms with van der Waals surface area (Å²) in [5.74, 6) is 7.42. The van der Waals surface area contributed by atoms with E-state index in [2.05, 4.69) is 18.8 Å². The molecule has 0 heterocycles. The first-order valence-electron chi connectivity index (χ1n) is 4.06. The van der Waals surface area contributed by atoms with Crippen molar-refractivity contribution in [3.8, 4) is 11.8 Å². The van der Waals surface area contributed by atoms with Crippen molar-refractivity contribution >= 4 is 0 Å². The van der Waals surface area contributed by atoms with Gasteiger partial charge in [-0.3, -0.25) is 0 Å². The van der Waals surface area contributed by atoms with Crippen LogP contribution in [0.4, 0.5) is 0 Å². The first-order valence-corrected chi connectivity index (χ1v) is 4.06. The Labute approximate surface area is 65.0 Å². The van der Waals surface area contributed by atoms with Crippen LogP contribution in [0, 0.1) is 17.8 Å². The minimum absolute atomic E-state index is 1.07. The molecule has 0 amide bonds. The minimum Gasteiger partial charge on any atom is -0.103 e. The molecule has 0 aromatic rings. The fourth-order valence-corrected chi connectivity index (χ4v) is 0.703. The summed E-state index contributed by atoms with van der Waals surface area (Å²) in [6.45, 7) is 6.31. The molecule has 0 heteroatoms. The van der Waals surface area contributed by atoms with Crippen molar-refractivity contribution in [1.82, 2.24) is 0 Å². The first kappa shape index (κ1) is 9.56. The predicted molar refractivity (Wildman–Crippen MR) is 46.5 cm³/mol. The fraction of sp³-hybridized carbons (Fsp3) is 0.700. The van der Waals surface area contributed by atoms with Gasteiger partial charge in [-0.05, 0) is 20.3 Å². The van der Waals surface area contributed by atoms with Crippen LogP contribution in [-0.4, -0.2) is 0 Å². The van der Waals surface area contributed by atoms with Crippen molar-refractivity contribution in [2.24, 2.45) is 0 Å². The lowest BCUT2D eigenvalue weighted by atomic mass is 10.2. The Morgan fingerprint density at radius 3 is 2.40 bits per heavy atom. The largest absolute Gasteiger partial charge is 0.103 e. The van der Waals surface area contributed by atoms with Crippen molar-refractivity contribution in [1.29, 1.82) is 0 Å². The molecule has 0 N–H and O–H groups in total. The lowest BCUT2D eigenvalue weighted by Crippen LogP contribution is -1.75. The van der Waals surface area contributed by atoms with Gasteiger partial charge in [-0.1, -0.05) is 25.7 Å². The summed E-state index contributed by atoms with van der Waals surface area (Å²) >= 11 is 0. The van der Waals surface area contributed by atoms with Gasteiger partial charge in [0, 0.05) is 12.3 Å². The molecular formula is C10H17. The first-order chi connectivity index (χ1) is 4.77. The molecule has 0 unspecified atom stereocenters. The van der Waals surface area contributed by atoms with E-state index in [1.54, 1.807) is 0 Å². The summed E-state index contributed by atoms with van der Waals surface area (Å²) in [6.07, 6.45) is 4.93. The Balaban J connectivity index is 3.12. The van der Waals surface area contributed by atoms with Gasteiger partial charge in [0.25, 0.3) is 0 Å². The van der Waals surface area contributed by atoms with Gasteiger partial charge < -0.3 is 0 Å².